The summed E-state index contributed by atoms with van der Waals surface area (Å²) in [6, 6.07) is 2.47. The zero-order valence-electron chi connectivity index (χ0n) is 13.9. The minimum Gasteiger partial charge on any atom is -0.378 e. The van der Waals surface area contributed by atoms with Crippen LogP contribution in [0.1, 0.15) is 31.9 Å². The zero-order chi connectivity index (χ0) is 16.2. The van der Waals surface area contributed by atoms with Crippen LogP contribution in [0.4, 0.5) is 10.6 Å². The minimum absolute atomic E-state index is 0.0644. The summed E-state index contributed by atoms with van der Waals surface area (Å²) in [6.07, 6.45) is 4.85. The van der Waals surface area contributed by atoms with E-state index in [1.54, 1.807) is 13.2 Å². The highest BCUT2D eigenvalue weighted by atomic mass is 16.5. The summed E-state index contributed by atoms with van der Waals surface area (Å²) >= 11 is 0. The molecule has 1 N–H and O–H groups in total. The lowest BCUT2D eigenvalue weighted by atomic mass is 10.1. The zero-order valence-corrected chi connectivity index (χ0v) is 13.9. The van der Waals surface area contributed by atoms with Crippen LogP contribution in [0, 0.1) is 0 Å². The number of rotatable bonds is 4. The second kappa shape index (κ2) is 7.23. The van der Waals surface area contributed by atoms with Crippen molar-refractivity contribution in [2.75, 3.05) is 32.1 Å². The average molecular weight is 319 g/mol. The predicted octanol–water partition coefficient (Wildman–Crippen LogP) is 1.71. The van der Waals surface area contributed by atoms with Crippen LogP contribution in [0.15, 0.2) is 12.4 Å². The number of hydrogen-bond acceptors (Lipinski definition) is 5. The molecule has 2 fully saturated rings. The molecule has 7 heteroatoms. The van der Waals surface area contributed by atoms with E-state index < -0.39 is 0 Å². The summed E-state index contributed by atoms with van der Waals surface area (Å²) in [6.45, 7) is 5.50. The molecule has 7 nitrogen and oxygen atoms in total. The lowest BCUT2D eigenvalue weighted by Crippen LogP contribution is -2.58. The van der Waals surface area contributed by atoms with E-state index in [4.69, 9.17) is 4.74 Å². The molecule has 0 aliphatic carbocycles. The maximum absolute atomic E-state index is 12.7. The molecular weight excluding hydrogens is 294 g/mol. The van der Waals surface area contributed by atoms with Gasteiger partial charge in [0, 0.05) is 38.3 Å². The van der Waals surface area contributed by atoms with Gasteiger partial charge in [0.15, 0.2) is 0 Å². The number of piperazine rings is 1. The van der Waals surface area contributed by atoms with Crippen LogP contribution < -0.4 is 5.32 Å². The van der Waals surface area contributed by atoms with Crippen molar-refractivity contribution in [1.29, 1.82) is 0 Å². The number of nitrogens with zero attached hydrogens (tertiary/aromatic N) is 4. The monoisotopic (exact) mass is 319 g/mol. The van der Waals surface area contributed by atoms with Crippen molar-refractivity contribution in [3.05, 3.63) is 18.1 Å². The third-order valence-corrected chi connectivity index (χ3v) is 4.78. The number of ether oxygens (including phenoxy) is 1. The maximum atomic E-state index is 12.7. The van der Waals surface area contributed by atoms with Gasteiger partial charge >= 0.3 is 6.03 Å². The SMILES string of the molecule is CC[C@H]1CN2CCC[C@H]2CN1C(=O)Nc1cc(COC)ncn1. The molecule has 2 aliphatic rings. The fourth-order valence-electron chi connectivity index (χ4n) is 3.56. The van der Waals surface area contributed by atoms with Crippen LogP contribution in [0.3, 0.4) is 0 Å². The van der Waals surface area contributed by atoms with Gasteiger partial charge in [-0.2, -0.15) is 0 Å². The van der Waals surface area contributed by atoms with Gasteiger partial charge < -0.3 is 9.64 Å². The van der Waals surface area contributed by atoms with Gasteiger partial charge in [0.05, 0.1) is 12.3 Å². The molecule has 2 aliphatic heterocycles. The van der Waals surface area contributed by atoms with Crippen molar-refractivity contribution in [1.82, 2.24) is 19.8 Å². The molecule has 0 spiro atoms. The Morgan fingerprint density at radius 3 is 3.09 bits per heavy atom. The van der Waals surface area contributed by atoms with Gasteiger partial charge in [-0.05, 0) is 25.8 Å². The van der Waals surface area contributed by atoms with Crippen molar-refractivity contribution < 1.29 is 9.53 Å². The van der Waals surface area contributed by atoms with Crippen molar-refractivity contribution in [3.63, 3.8) is 0 Å². The molecule has 1 aromatic rings. The molecule has 1 aromatic heterocycles. The molecule has 23 heavy (non-hydrogen) atoms. The number of amides is 2. The highest BCUT2D eigenvalue weighted by Gasteiger charge is 2.37. The summed E-state index contributed by atoms with van der Waals surface area (Å²) in [4.78, 5) is 25.5. The van der Waals surface area contributed by atoms with Crippen LogP contribution in [0.25, 0.3) is 0 Å². The van der Waals surface area contributed by atoms with Crippen LogP contribution >= 0.6 is 0 Å². The third kappa shape index (κ3) is 3.61. The molecule has 0 bridgehead atoms. The lowest BCUT2D eigenvalue weighted by Gasteiger charge is -2.43. The van der Waals surface area contributed by atoms with Crippen molar-refractivity contribution in [3.8, 4) is 0 Å². The van der Waals surface area contributed by atoms with E-state index in [9.17, 15) is 4.79 Å². The van der Waals surface area contributed by atoms with Gasteiger partial charge in [-0.25, -0.2) is 14.8 Å². The quantitative estimate of drug-likeness (QED) is 0.915. The topological polar surface area (TPSA) is 70.6 Å². The Hall–Kier alpha value is -1.73. The van der Waals surface area contributed by atoms with E-state index in [1.165, 1.54) is 25.7 Å². The molecule has 2 saturated heterocycles. The summed E-state index contributed by atoms with van der Waals surface area (Å²) < 4.78 is 5.07. The van der Waals surface area contributed by atoms with Crippen molar-refractivity contribution in [2.24, 2.45) is 0 Å². The normalized spacial score (nSPS) is 24.5. The van der Waals surface area contributed by atoms with Crippen molar-refractivity contribution >= 4 is 11.8 Å². The molecule has 3 heterocycles. The Bertz CT molecular complexity index is 553. The third-order valence-electron chi connectivity index (χ3n) is 4.78. The Kier molecular flexibility index (Phi) is 5.07. The number of methoxy groups -OCH3 is 1. The van der Waals surface area contributed by atoms with E-state index in [0.29, 0.717) is 18.5 Å². The second-order valence-corrected chi connectivity index (χ2v) is 6.26. The molecule has 0 aromatic carbocycles. The summed E-state index contributed by atoms with van der Waals surface area (Å²) in [5, 5.41) is 2.92. The molecule has 3 rings (SSSR count). The summed E-state index contributed by atoms with van der Waals surface area (Å²) in [5.74, 6) is 0.528. The van der Waals surface area contributed by atoms with Gasteiger partial charge in [0.25, 0.3) is 0 Å². The molecule has 126 valence electrons. The Balaban J connectivity index is 1.67. The molecule has 0 unspecified atom stereocenters. The van der Waals surface area contributed by atoms with Crippen LogP contribution in [-0.4, -0.2) is 64.6 Å². The number of hydrogen-bond donors (Lipinski definition) is 1. The van der Waals surface area contributed by atoms with Gasteiger partial charge in [0.2, 0.25) is 0 Å². The molecular formula is C16H25N5O2. The minimum atomic E-state index is -0.0644. The van der Waals surface area contributed by atoms with Crippen LogP contribution in [0.2, 0.25) is 0 Å². The first-order chi connectivity index (χ1) is 11.2. The molecule has 2 atom stereocenters. The highest BCUT2D eigenvalue weighted by molar-refractivity contribution is 5.88. The number of carbonyl (C=O) groups is 1. The number of nitrogens with one attached hydrogen (secondary N) is 1. The van der Waals surface area contributed by atoms with Gasteiger partial charge in [-0.3, -0.25) is 10.2 Å². The van der Waals surface area contributed by atoms with E-state index >= 15 is 0 Å². The van der Waals surface area contributed by atoms with Crippen molar-refractivity contribution in [2.45, 2.75) is 44.9 Å². The van der Waals surface area contributed by atoms with Crippen LogP contribution in [0.5, 0.6) is 0 Å². The first kappa shape index (κ1) is 16.1. The fraction of sp³-hybridized carbons (Fsp3) is 0.688. The number of fused-ring (bicyclic) bond motifs is 1. The number of aromatic nitrogens is 2. The first-order valence-electron chi connectivity index (χ1n) is 8.32. The predicted molar refractivity (Wildman–Crippen MR) is 87.1 cm³/mol. The number of urea groups is 1. The maximum Gasteiger partial charge on any atom is 0.323 e. The van der Waals surface area contributed by atoms with Gasteiger partial charge in [-0.1, -0.05) is 6.92 Å². The lowest BCUT2D eigenvalue weighted by molar-refractivity contribution is 0.0767. The van der Waals surface area contributed by atoms with E-state index in [2.05, 4.69) is 27.1 Å². The van der Waals surface area contributed by atoms with E-state index in [-0.39, 0.29) is 12.1 Å². The summed E-state index contributed by atoms with van der Waals surface area (Å²) in [7, 11) is 1.62. The van der Waals surface area contributed by atoms with E-state index in [1.807, 2.05) is 4.90 Å². The van der Waals surface area contributed by atoms with Crippen LogP contribution in [-0.2, 0) is 11.3 Å². The second-order valence-electron chi connectivity index (χ2n) is 6.26. The smallest absolute Gasteiger partial charge is 0.323 e. The van der Waals surface area contributed by atoms with Gasteiger partial charge in [-0.15, -0.1) is 0 Å². The Morgan fingerprint density at radius 2 is 2.30 bits per heavy atom. The Morgan fingerprint density at radius 1 is 1.43 bits per heavy atom. The molecule has 0 radical (unpaired) electrons. The number of carbonyl (C=O) groups excluding carboxylic acids is 1. The van der Waals surface area contributed by atoms with Gasteiger partial charge in [0.1, 0.15) is 12.1 Å². The largest absolute Gasteiger partial charge is 0.378 e. The number of anilines is 1. The summed E-state index contributed by atoms with van der Waals surface area (Å²) in [5.41, 5.74) is 0.755. The Labute approximate surface area is 137 Å². The molecule has 0 saturated carbocycles. The average Bonchev–Trinajstić information content (AvgIpc) is 3.01. The van der Waals surface area contributed by atoms with E-state index in [0.717, 1.165) is 25.2 Å². The highest BCUT2D eigenvalue weighted by Crippen LogP contribution is 2.26. The first-order valence-corrected chi connectivity index (χ1v) is 8.32. The molecule has 2 amide bonds. The standard InChI is InChI=1S/C16H25N5O2/c1-3-13-8-20-6-4-5-14(20)9-21(13)16(22)19-15-7-12(10-23-2)17-11-18-15/h7,11,13-14H,3-6,8-10H2,1-2H3,(H,17,18,19,22)/t13-,14-/m0/s1. The fourth-order valence-corrected chi connectivity index (χ4v) is 3.56.